The summed E-state index contributed by atoms with van der Waals surface area (Å²) < 4.78 is 18.9. The Kier molecular flexibility index (Phi) is 8.33. The predicted molar refractivity (Wildman–Crippen MR) is 167 cm³/mol. The number of piperidine rings is 1. The van der Waals surface area contributed by atoms with E-state index in [0.717, 1.165) is 85.5 Å². The van der Waals surface area contributed by atoms with Crippen molar-refractivity contribution in [3.8, 4) is 5.88 Å². The number of imidazole rings is 1. The van der Waals surface area contributed by atoms with E-state index in [2.05, 4.69) is 20.5 Å². The summed E-state index contributed by atoms with van der Waals surface area (Å²) in [7, 11) is 1.36. The van der Waals surface area contributed by atoms with E-state index in [1.807, 2.05) is 43.3 Å². The molecule has 10 heteroatoms. The van der Waals surface area contributed by atoms with Crippen molar-refractivity contribution < 1.29 is 23.8 Å². The van der Waals surface area contributed by atoms with Gasteiger partial charge in [-0.05, 0) is 87.5 Å². The molecule has 1 unspecified atom stereocenters. The van der Waals surface area contributed by atoms with Crippen LogP contribution in [0.15, 0.2) is 48.5 Å². The van der Waals surface area contributed by atoms with Gasteiger partial charge in [0.2, 0.25) is 5.88 Å². The molecule has 0 bridgehead atoms. The number of fused-ring (bicyclic) bond motifs is 1. The number of rotatable bonds is 11. The molecule has 2 aliphatic heterocycles. The van der Waals surface area contributed by atoms with Gasteiger partial charge in [-0.3, -0.25) is 9.69 Å². The number of ketones is 1. The van der Waals surface area contributed by atoms with Gasteiger partial charge in [0.1, 0.15) is 17.9 Å². The lowest BCUT2D eigenvalue weighted by atomic mass is 9.93. The predicted octanol–water partition coefficient (Wildman–Crippen LogP) is 5.26. The smallest absolute Gasteiger partial charge is 0.356 e. The van der Waals surface area contributed by atoms with Crippen molar-refractivity contribution >= 4 is 22.9 Å². The highest BCUT2D eigenvalue weighted by atomic mass is 16.5. The third-order valence-electron chi connectivity index (χ3n) is 9.31. The summed E-state index contributed by atoms with van der Waals surface area (Å²) in [5.74, 6) is 1.94. The molecule has 0 spiro atoms. The number of hydrogen-bond acceptors (Lipinski definition) is 9. The lowest BCUT2D eigenvalue weighted by Gasteiger charge is -2.32. The molecule has 7 rings (SSSR count). The van der Waals surface area contributed by atoms with Gasteiger partial charge in [-0.25, -0.2) is 19.7 Å². The number of methoxy groups -OCH3 is 1. The van der Waals surface area contributed by atoms with Crippen molar-refractivity contribution in [3.05, 3.63) is 82.4 Å². The average molecular weight is 610 g/mol. The number of hydrogen-bond donors (Lipinski definition) is 0. The quantitative estimate of drug-likeness (QED) is 0.166. The zero-order valence-electron chi connectivity index (χ0n) is 25.9. The van der Waals surface area contributed by atoms with Crippen LogP contribution < -0.4 is 4.74 Å². The highest BCUT2D eigenvalue weighted by molar-refractivity contribution is 5.99. The minimum absolute atomic E-state index is 0.135. The number of ether oxygens (including phenoxy) is 3. The van der Waals surface area contributed by atoms with E-state index in [4.69, 9.17) is 24.2 Å². The van der Waals surface area contributed by atoms with Gasteiger partial charge in [-0.2, -0.15) is 0 Å². The second-order valence-corrected chi connectivity index (χ2v) is 12.5. The third kappa shape index (κ3) is 6.48. The molecule has 3 aliphatic rings. The van der Waals surface area contributed by atoms with E-state index in [1.54, 1.807) is 6.07 Å². The molecule has 3 fully saturated rings. The average Bonchev–Trinajstić information content (AvgIpc) is 3.84. The molecule has 5 heterocycles. The first-order chi connectivity index (χ1) is 21.9. The minimum Gasteiger partial charge on any atom is -0.473 e. The van der Waals surface area contributed by atoms with E-state index in [-0.39, 0.29) is 23.5 Å². The maximum Gasteiger partial charge on any atom is 0.356 e. The molecule has 4 aromatic rings. The van der Waals surface area contributed by atoms with Crippen LogP contribution in [0, 0.1) is 12.8 Å². The van der Waals surface area contributed by atoms with Gasteiger partial charge >= 0.3 is 5.97 Å². The molecule has 234 valence electrons. The first-order valence-corrected chi connectivity index (χ1v) is 16.0. The number of Topliss-reactive ketones (excluding diaryl/α,β-unsaturated/α-hetero) is 1. The molecule has 0 N–H and O–H groups in total. The number of aromatic nitrogens is 4. The summed E-state index contributed by atoms with van der Waals surface area (Å²) in [6.07, 6.45) is 5.15. The fourth-order valence-electron chi connectivity index (χ4n) is 6.28. The lowest BCUT2D eigenvalue weighted by Crippen LogP contribution is -2.35. The minimum atomic E-state index is -0.457. The van der Waals surface area contributed by atoms with E-state index in [0.29, 0.717) is 37.1 Å². The van der Waals surface area contributed by atoms with Crippen molar-refractivity contribution in [2.24, 2.45) is 5.92 Å². The molecule has 1 aromatic carbocycles. The fraction of sp³-hybridized carbons (Fsp3) is 0.457. The first-order valence-electron chi connectivity index (χ1n) is 16.0. The largest absolute Gasteiger partial charge is 0.473 e. The van der Waals surface area contributed by atoms with Gasteiger partial charge in [-0.1, -0.05) is 18.2 Å². The van der Waals surface area contributed by atoms with Crippen molar-refractivity contribution in [3.63, 3.8) is 0 Å². The van der Waals surface area contributed by atoms with Crippen LogP contribution in [0.5, 0.6) is 5.88 Å². The van der Waals surface area contributed by atoms with Crippen LogP contribution >= 0.6 is 0 Å². The number of esters is 1. The molecule has 45 heavy (non-hydrogen) atoms. The van der Waals surface area contributed by atoms with Crippen LogP contribution in [0.25, 0.3) is 11.2 Å². The summed E-state index contributed by atoms with van der Waals surface area (Å²) in [4.78, 5) is 41.4. The summed E-state index contributed by atoms with van der Waals surface area (Å²) in [6, 6.07) is 15.5. The molecule has 1 aliphatic carbocycles. The van der Waals surface area contributed by atoms with Gasteiger partial charge < -0.3 is 18.8 Å². The Hall–Kier alpha value is -4.15. The van der Waals surface area contributed by atoms with E-state index >= 15 is 0 Å². The Labute approximate surface area is 262 Å². The normalized spacial score (nSPS) is 18.9. The molecule has 10 nitrogen and oxygen atoms in total. The molecule has 0 amide bonds. The molecule has 0 radical (unpaired) electrons. The molecular weight excluding hydrogens is 570 g/mol. The number of nitrogens with zero attached hydrogens (tertiary/aromatic N) is 5. The van der Waals surface area contributed by atoms with Crippen molar-refractivity contribution in [1.29, 1.82) is 0 Å². The highest BCUT2D eigenvalue weighted by Crippen LogP contribution is 2.33. The molecular formula is C35H39N5O5. The summed E-state index contributed by atoms with van der Waals surface area (Å²) in [6.45, 7) is 6.44. The van der Waals surface area contributed by atoms with E-state index in [1.165, 1.54) is 7.11 Å². The maximum atomic E-state index is 12.4. The SMILES string of the molecule is COC(=O)c1ccc2nc(CN3CCC(c4cccc(OCc5ccc(C(=O)C6CC6)cc5C)n4)CC3)n(CC3CCO3)c2n1. The van der Waals surface area contributed by atoms with E-state index in [9.17, 15) is 9.59 Å². The number of pyridine rings is 2. The molecule has 2 saturated heterocycles. The Bertz CT molecular complexity index is 1720. The van der Waals surface area contributed by atoms with Crippen LogP contribution in [0.1, 0.15) is 81.5 Å². The Morgan fingerprint density at radius 1 is 0.978 bits per heavy atom. The van der Waals surface area contributed by atoms with Gasteiger partial charge in [0.15, 0.2) is 17.1 Å². The van der Waals surface area contributed by atoms with Crippen LogP contribution in [0.2, 0.25) is 0 Å². The standard InChI is InChI=1S/C35H39N5O5/c1-22-18-25(33(41)24-6-7-24)8-9-26(22)21-45-32-5-3-4-28(37-32)23-12-15-39(16-13-23)20-31-36-29-10-11-30(35(42)43-2)38-34(29)40(31)19-27-14-17-44-27/h3-5,8-11,18,23-24,27H,6-7,12-17,19-21H2,1-2H3. The van der Waals surface area contributed by atoms with Crippen molar-refractivity contribution in [1.82, 2.24) is 24.4 Å². The first kappa shape index (κ1) is 29.6. The zero-order valence-corrected chi connectivity index (χ0v) is 25.9. The Balaban J connectivity index is 0.981. The van der Waals surface area contributed by atoms with Gasteiger partial charge in [0.05, 0.1) is 26.3 Å². The van der Waals surface area contributed by atoms with Crippen molar-refractivity contribution in [2.75, 3.05) is 26.8 Å². The summed E-state index contributed by atoms with van der Waals surface area (Å²) in [5, 5.41) is 0. The number of carbonyl (C=O) groups excluding carboxylic acids is 2. The lowest BCUT2D eigenvalue weighted by molar-refractivity contribution is -0.0593. The Morgan fingerprint density at radius 2 is 1.80 bits per heavy atom. The fourth-order valence-corrected chi connectivity index (χ4v) is 6.28. The van der Waals surface area contributed by atoms with Crippen LogP contribution in [-0.2, 0) is 29.2 Å². The second-order valence-electron chi connectivity index (χ2n) is 12.5. The number of carbonyl (C=O) groups is 2. The maximum absolute atomic E-state index is 12.4. The number of likely N-dealkylation sites (tertiary alicyclic amines) is 1. The summed E-state index contributed by atoms with van der Waals surface area (Å²) in [5.41, 5.74) is 5.73. The van der Waals surface area contributed by atoms with E-state index < -0.39 is 5.97 Å². The topological polar surface area (TPSA) is 109 Å². The zero-order chi connectivity index (χ0) is 30.9. The second kappa shape index (κ2) is 12.7. The van der Waals surface area contributed by atoms with Gasteiger partial charge in [0.25, 0.3) is 0 Å². The van der Waals surface area contributed by atoms with Gasteiger partial charge in [0, 0.05) is 35.8 Å². The monoisotopic (exact) mass is 609 g/mol. The van der Waals surface area contributed by atoms with Gasteiger partial charge in [-0.15, -0.1) is 0 Å². The third-order valence-corrected chi connectivity index (χ3v) is 9.31. The molecule has 1 saturated carbocycles. The van der Waals surface area contributed by atoms with Crippen LogP contribution in [0.4, 0.5) is 0 Å². The highest BCUT2D eigenvalue weighted by Gasteiger charge is 2.30. The van der Waals surface area contributed by atoms with Crippen LogP contribution in [-0.4, -0.2) is 69.1 Å². The van der Waals surface area contributed by atoms with Crippen molar-refractivity contribution in [2.45, 2.75) is 70.7 Å². The number of aryl methyl sites for hydroxylation is 1. The Morgan fingerprint density at radius 3 is 2.51 bits per heavy atom. The molecule has 1 atom stereocenters. The number of benzene rings is 1. The molecule has 3 aromatic heterocycles. The van der Waals surface area contributed by atoms with Crippen LogP contribution in [0.3, 0.4) is 0 Å². The summed E-state index contributed by atoms with van der Waals surface area (Å²) >= 11 is 0.